The average Bonchev–Trinajstić information content (AvgIpc) is 3.02. The van der Waals surface area contributed by atoms with Crippen LogP contribution in [0.5, 0.6) is 0 Å². The summed E-state index contributed by atoms with van der Waals surface area (Å²) in [6.45, 7) is 5.71. The first-order chi connectivity index (χ1) is 11.1. The maximum absolute atomic E-state index is 12.4. The summed E-state index contributed by atoms with van der Waals surface area (Å²) in [4.78, 5) is 19.2. The van der Waals surface area contributed by atoms with Gasteiger partial charge in [0, 0.05) is 51.1 Å². The Hall–Kier alpha value is -0.650. The number of carbonyl (C=O) groups excluding carboxylic acids is 1. The normalized spacial score (nSPS) is 34.0. The Bertz CT molecular complexity index is 396. The van der Waals surface area contributed by atoms with E-state index >= 15 is 0 Å². The number of amides is 1. The van der Waals surface area contributed by atoms with Crippen molar-refractivity contribution in [3.05, 3.63) is 0 Å². The molecular weight excluding hydrogens is 290 g/mol. The molecule has 1 N–H and O–H groups in total. The lowest BCUT2D eigenvalue weighted by molar-refractivity contribution is -0.133. The van der Waals surface area contributed by atoms with Crippen LogP contribution in [0.3, 0.4) is 0 Å². The van der Waals surface area contributed by atoms with Crippen LogP contribution in [0.2, 0.25) is 0 Å². The van der Waals surface area contributed by atoms with E-state index in [0.29, 0.717) is 24.3 Å². The predicted molar refractivity (Wildman–Crippen MR) is 91.3 cm³/mol. The van der Waals surface area contributed by atoms with E-state index in [1.165, 1.54) is 25.7 Å². The second kappa shape index (κ2) is 7.95. The SMILES string of the molecule is CN1CCN(C(=O)CCN2CCC[C@@H]2[C@H]2CCCC[C@@H]2O)CC1. The van der Waals surface area contributed by atoms with Crippen LogP contribution in [-0.2, 0) is 4.79 Å². The van der Waals surface area contributed by atoms with Crippen LogP contribution in [0.25, 0.3) is 0 Å². The summed E-state index contributed by atoms with van der Waals surface area (Å²) in [5.41, 5.74) is 0. The number of likely N-dealkylation sites (tertiary alicyclic amines) is 1. The van der Waals surface area contributed by atoms with Gasteiger partial charge in [-0.05, 0) is 39.3 Å². The number of aliphatic hydroxyl groups excluding tert-OH is 1. The Morgan fingerprint density at radius 1 is 1.00 bits per heavy atom. The molecule has 0 bridgehead atoms. The number of hydrogen-bond donors (Lipinski definition) is 1. The summed E-state index contributed by atoms with van der Waals surface area (Å²) in [5.74, 6) is 0.748. The minimum atomic E-state index is -0.123. The number of carbonyl (C=O) groups is 1. The molecule has 0 aromatic carbocycles. The van der Waals surface area contributed by atoms with Gasteiger partial charge in [-0.3, -0.25) is 9.69 Å². The fraction of sp³-hybridized carbons (Fsp3) is 0.944. The van der Waals surface area contributed by atoms with Crippen molar-refractivity contribution in [2.24, 2.45) is 5.92 Å². The molecule has 0 aromatic rings. The highest BCUT2D eigenvalue weighted by molar-refractivity contribution is 5.76. The lowest BCUT2D eigenvalue weighted by Crippen LogP contribution is -2.48. The summed E-state index contributed by atoms with van der Waals surface area (Å²) in [5, 5.41) is 10.3. The molecule has 2 heterocycles. The highest BCUT2D eigenvalue weighted by Crippen LogP contribution is 2.34. The number of likely N-dealkylation sites (N-methyl/N-ethyl adjacent to an activating group) is 1. The zero-order valence-electron chi connectivity index (χ0n) is 14.6. The minimum Gasteiger partial charge on any atom is -0.393 e. The van der Waals surface area contributed by atoms with Crippen LogP contribution in [0.1, 0.15) is 44.9 Å². The van der Waals surface area contributed by atoms with E-state index in [0.717, 1.165) is 52.1 Å². The monoisotopic (exact) mass is 323 g/mol. The van der Waals surface area contributed by atoms with Crippen LogP contribution >= 0.6 is 0 Å². The molecular formula is C18H33N3O2. The second-order valence-electron chi connectivity index (χ2n) is 7.70. The molecule has 132 valence electrons. The Morgan fingerprint density at radius 3 is 2.48 bits per heavy atom. The maximum Gasteiger partial charge on any atom is 0.223 e. The summed E-state index contributed by atoms with van der Waals surface area (Å²) in [6.07, 6.45) is 7.50. The van der Waals surface area contributed by atoms with E-state index in [9.17, 15) is 9.90 Å². The molecule has 23 heavy (non-hydrogen) atoms. The fourth-order valence-corrected chi connectivity index (χ4v) is 4.66. The zero-order chi connectivity index (χ0) is 16.2. The molecule has 2 saturated heterocycles. The Kier molecular flexibility index (Phi) is 5.94. The van der Waals surface area contributed by atoms with Crippen molar-refractivity contribution in [1.82, 2.24) is 14.7 Å². The van der Waals surface area contributed by atoms with Crippen molar-refractivity contribution in [2.45, 2.75) is 57.1 Å². The first kappa shape index (κ1) is 17.2. The van der Waals surface area contributed by atoms with E-state index in [2.05, 4.69) is 16.8 Å². The molecule has 2 aliphatic heterocycles. The third-order valence-electron chi connectivity index (χ3n) is 6.16. The fourth-order valence-electron chi connectivity index (χ4n) is 4.66. The summed E-state index contributed by atoms with van der Waals surface area (Å²) in [7, 11) is 2.12. The largest absolute Gasteiger partial charge is 0.393 e. The van der Waals surface area contributed by atoms with Gasteiger partial charge in [0.05, 0.1) is 6.10 Å². The maximum atomic E-state index is 12.4. The predicted octanol–water partition coefficient (Wildman–Crippen LogP) is 1.17. The van der Waals surface area contributed by atoms with Gasteiger partial charge in [-0.25, -0.2) is 0 Å². The molecule has 3 aliphatic rings. The van der Waals surface area contributed by atoms with E-state index in [-0.39, 0.29) is 6.10 Å². The molecule has 0 radical (unpaired) electrons. The van der Waals surface area contributed by atoms with Crippen LogP contribution < -0.4 is 0 Å². The number of aliphatic hydroxyl groups is 1. The van der Waals surface area contributed by atoms with E-state index in [1.54, 1.807) is 0 Å². The number of rotatable bonds is 4. The molecule has 5 nitrogen and oxygen atoms in total. The third kappa shape index (κ3) is 4.25. The van der Waals surface area contributed by atoms with E-state index in [1.807, 2.05) is 4.90 Å². The molecule has 0 spiro atoms. The third-order valence-corrected chi connectivity index (χ3v) is 6.16. The molecule has 0 aromatic heterocycles. The molecule has 5 heteroatoms. The Morgan fingerprint density at radius 2 is 1.74 bits per heavy atom. The number of nitrogens with zero attached hydrogens (tertiary/aromatic N) is 3. The van der Waals surface area contributed by atoms with Crippen LogP contribution in [0.4, 0.5) is 0 Å². The van der Waals surface area contributed by atoms with Gasteiger partial charge in [-0.15, -0.1) is 0 Å². The highest BCUT2D eigenvalue weighted by Gasteiger charge is 2.36. The van der Waals surface area contributed by atoms with Gasteiger partial charge in [-0.1, -0.05) is 12.8 Å². The first-order valence-electron chi connectivity index (χ1n) is 9.53. The summed E-state index contributed by atoms with van der Waals surface area (Å²) < 4.78 is 0. The first-order valence-corrected chi connectivity index (χ1v) is 9.53. The Labute approximate surface area is 140 Å². The molecule has 1 amide bonds. The van der Waals surface area contributed by atoms with Gasteiger partial charge in [0.25, 0.3) is 0 Å². The molecule has 3 rings (SSSR count). The lowest BCUT2D eigenvalue weighted by Gasteiger charge is -2.37. The van der Waals surface area contributed by atoms with Crippen molar-refractivity contribution in [3.63, 3.8) is 0 Å². The summed E-state index contributed by atoms with van der Waals surface area (Å²) in [6, 6.07) is 0.505. The van der Waals surface area contributed by atoms with Crippen LogP contribution in [-0.4, -0.2) is 84.2 Å². The molecule has 1 aliphatic carbocycles. The summed E-state index contributed by atoms with van der Waals surface area (Å²) >= 11 is 0. The van der Waals surface area contributed by atoms with Crippen molar-refractivity contribution in [3.8, 4) is 0 Å². The van der Waals surface area contributed by atoms with Gasteiger partial charge >= 0.3 is 0 Å². The van der Waals surface area contributed by atoms with Crippen molar-refractivity contribution < 1.29 is 9.90 Å². The molecule has 3 atom stereocenters. The van der Waals surface area contributed by atoms with Gasteiger partial charge in [0.1, 0.15) is 0 Å². The lowest BCUT2D eigenvalue weighted by atomic mass is 9.80. The standard InChI is InChI=1S/C18H33N3O2/c1-19-11-13-21(14-12-19)18(23)8-10-20-9-4-6-16(20)15-5-2-3-7-17(15)22/h15-17,22H,2-14H2,1H3/t15-,16-,17+/m1/s1. The van der Waals surface area contributed by atoms with Crippen molar-refractivity contribution in [1.29, 1.82) is 0 Å². The minimum absolute atomic E-state index is 0.123. The Balaban J connectivity index is 1.48. The smallest absolute Gasteiger partial charge is 0.223 e. The molecule has 0 unspecified atom stereocenters. The topological polar surface area (TPSA) is 47.0 Å². The highest BCUT2D eigenvalue weighted by atomic mass is 16.3. The van der Waals surface area contributed by atoms with Gasteiger partial charge in [0.2, 0.25) is 5.91 Å². The van der Waals surface area contributed by atoms with Gasteiger partial charge < -0.3 is 14.9 Å². The molecule has 1 saturated carbocycles. The average molecular weight is 323 g/mol. The zero-order valence-corrected chi connectivity index (χ0v) is 14.6. The van der Waals surface area contributed by atoms with Gasteiger partial charge in [-0.2, -0.15) is 0 Å². The number of piperazine rings is 1. The van der Waals surface area contributed by atoms with E-state index < -0.39 is 0 Å². The van der Waals surface area contributed by atoms with Crippen molar-refractivity contribution in [2.75, 3.05) is 46.3 Å². The molecule has 3 fully saturated rings. The van der Waals surface area contributed by atoms with Crippen LogP contribution in [0, 0.1) is 5.92 Å². The second-order valence-corrected chi connectivity index (χ2v) is 7.70. The van der Waals surface area contributed by atoms with Crippen LogP contribution in [0.15, 0.2) is 0 Å². The van der Waals surface area contributed by atoms with E-state index in [4.69, 9.17) is 0 Å². The van der Waals surface area contributed by atoms with Crippen molar-refractivity contribution >= 4 is 5.91 Å². The quantitative estimate of drug-likeness (QED) is 0.844. The van der Waals surface area contributed by atoms with Gasteiger partial charge in [0.15, 0.2) is 0 Å². The number of hydrogen-bond acceptors (Lipinski definition) is 4.